The Morgan fingerprint density at radius 3 is 2.35 bits per heavy atom. The van der Waals surface area contributed by atoms with Crippen LogP contribution >= 0.6 is 12.2 Å². The molecule has 0 atom stereocenters. The molecule has 0 N–H and O–H groups in total. The van der Waals surface area contributed by atoms with Crippen LogP contribution in [0.15, 0.2) is 29.3 Å². The number of carbonyl (C=O) groups excluding carboxylic acids is 1. The van der Waals surface area contributed by atoms with Gasteiger partial charge >= 0.3 is 5.97 Å². The van der Waals surface area contributed by atoms with Crippen LogP contribution in [0.3, 0.4) is 0 Å². The smallest absolute Gasteiger partial charge is 0.346 e. The molecule has 2 aromatic carbocycles. The second kappa shape index (κ2) is 6.77. The number of nitrogens with zero attached hydrogens (tertiary/aromatic N) is 1. The number of rotatable bonds is 3. The Bertz CT molecular complexity index is 796. The molecule has 0 spiro atoms. The molecule has 6 heteroatoms. The minimum atomic E-state index is -0.884. The van der Waals surface area contributed by atoms with Crippen molar-refractivity contribution < 1.29 is 18.3 Å². The second-order valence-electron chi connectivity index (χ2n) is 5.10. The lowest BCUT2D eigenvalue weighted by Crippen LogP contribution is -2.13. The number of benzene rings is 2. The van der Waals surface area contributed by atoms with Gasteiger partial charge in [-0.15, -0.1) is 0 Å². The maximum atomic E-state index is 14.0. The van der Waals surface area contributed by atoms with Crippen molar-refractivity contribution >= 4 is 29.0 Å². The van der Waals surface area contributed by atoms with E-state index in [9.17, 15) is 13.6 Å². The van der Waals surface area contributed by atoms with E-state index >= 15 is 0 Å². The standard InChI is InChI=1S/C17H13F2NO2S/c1-9-4-10(2)15(13(18)5-9)17(21)22-12-6-11(3)16(20-8-23)14(19)7-12/h4-7H,1-3H3. The van der Waals surface area contributed by atoms with Crippen LogP contribution in [0.2, 0.25) is 0 Å². The lowest BCUT2D eigenvalue weighted by Gasteiger charge is -2.10. The Morgan fingerprint density at radius 2 is 1.78 bits per heavy atom. The van der Waals surface area contributed by atoms with Crippen molar-refractivity contribution in [2.24, 2.45) is 4.99 Å². The zero-order valence-corrected chi connectivity index (χ0v) is 13.6. The van der Waals surface area contributed by atoms with Crippen molar-refractivity contribution in [2.45, 2.75) is 20.8 Å². The van der Waals surface area contributed by atoms with Gasteiger partial charge in [0.15, 0.2) is 5.82 Å². The third-order valence-corrected chi connectivity index (χ3v) is 3.32. The molecule has 0 amide bonds. The summed E-state index contributed by atoms with van der Waals surface area (Å²) in [6.07, 6.45) is 0. The highest BCUT2D eigenvalue weighted by Crippen LogP contribution is 2.28. The van der Waals surface area contributed by atoms with Gasteiger partial charge in [-0.1, -0.05) is 6.07 Å². The van der Waals surface area contributed by atoms with E-state index in [4.69, 9.17) is 4.74 Å². The number of halogens is 2. The van der Waals surface area contributed by atoms with Crippen LogP contribution in [-0.2, 0) is 0 Å². The normalized spacial score (nSPS) is 10.1. The predicted molar refractivity (Wildman–Crippen MR) is 86.7 cm³/mol. The number of hydrogen-bond acceptors (Lipinski definition) is 4. The van der Waals surface area contributed by atoms with Crippen molar-refractivity contribution in [1.82, 2.24) is 0 Å². The molecule has 0 radical (unpaired) electrons. The van der Waals surface area contributed by atoms with E-state index in [2.05, 4.69) is 22.4 Å². The molecule has 23 heavy (non-hydrogen) atoms. The average Bonchev–Trinajstić information content (AvgIpc) is 2.41. The van der Waals surface area contributed by atoms with E-state index in [0.717, 1.165) is 6.07 Å². The Labute approximate surface area is 137 Å². The van der Waals surface area contributed by atoms with Gasteiger partial charge in [-0.05, 0) is 61.8 Å². The molecule has 2 aromatic rings. The first kappa shape index (κ1) is 16.9. The monoisotopic (exact) mass is 333 g/mol. The lowest BCUT2D eigenvalue weighted by molar-refractivity contribution is 0.0728. The van der Waals surface area contributed by atoms with Gasteiger partial charge in [-0.25, -0.2) is 13.6 Å². The van der Waals surface area contributed by atoms with Crippen LogP contribution in [0.5, 0.6) is 5.75 Å². The summed E-state index contributed by atoms with van der Waals surface area (Å²) in [5.74, 6) is -2.30. The Hall–Kier alpha value is -2.43. The number of aliphatic imine (C=N–C) groups is 1. The molecule has 0 saturated carbocycles. The fourth-order valence-corrected chi connectivity index (χ4v) is 2.37. The van der Waals surface area contributed by atoms with Gasteiger partial charge in [0.05, 0.1) is 10.7 Å². The molecule has 0 aliphatic heterocycles. The molecule has 2 rings (SSSR count). The first-order valence-electron chi connectivity index (χ1n) is 6.70. The van der Waals surface area contributed by atoms with Gasteiger partial charge in [0.25, 0.3) is 0 Å². The predicted octanol–water partition coefficient (Wildman–Crippen LogP) is 4.84. The molecule has 0 aliphatic carbocycles. The molecule has 0 fully saturated rings. The largest absolute Gasteiger partial charge is 0.423 e. The van der Waals surface area contributed by atoms with Crippen LogP contribution in [0.25, 0.3) is 0 Å². The molecule has 0 heterocycles. The number of ether oxygens (including phenoxy) is 1. The fraction of sp³-hybridized carbons (Fsp3) is 0.176. The van der Waals surface area contributed by atoms with Crippen molar-refractivity contribution in [1.29, 1.82) is 0 Å². The Morgan fingerprint density at radius 1 is 1.09 bits per heavy atom. The van der Waals surface area contributed by atoms with Gasteiger partial charge in [0.2, 0.25) is 0 Å². The number of esters is 1. The minimum absolute atomic E-state index is 0.0255. The van der Waals surface area contributed by atoms with E-state index in [1.165, 1.54) is 12.1 Å². The number of carbonyl (C=O) groups is 1. The van der Waals surface area contributed by atoms with Gasteiger partial charge in [0.1, 0.15) is 17.3 Å². The molecule has 0 aromatic heterocycles. The number of aryl methyl sites for hydroxylation is 3. The first-order chi connectivity index (χ1) is 10.8. The molecule has 3 nitrogen and oxygen atoms in total. The van der Waals surface area contributed by atoms with E-state index in [1.54, 1.807) is 26.8 Å². The summed E-state index contributed by atoms with van der Waals surface area (Å²) in [4.78, 5) is 15.8. The minimum Gasteiger partial charge on any atom is -0.423 e. The molecular formula is C17H13F2NO2S. The summed E-state index contributed by atoms with van der Waals surface area (Å²) < 4.78 is 33.0. The summed E-state index contributed by atoms with van der Waals surface area (Å²) in [6.45, 7) is 4.92. The second-order valence-corrected chi connectivity index (χ2v) is 5.28. The van der Waals surface area contributed by atoms with E-state index in [0.29, 0.717) is 16.7 Å². The zero-order valence-electron chi connectivity index (χ0n) is 12.7. The summed E-state index contributed by atoms with van der Waals surface area (Å²) in [5, 5.41) is 2.08. The van der Waals surface area contributed by atoms with Crippen molar-refractivity contribution in [2.75, 3.05) is 0 Å². The number of isothiocyanates is 1. The van der Waals surface area contributed by atoms with Crippen LogP contribution in [0, 0.1) is 32.4 Å². The van der Waals surface area contributed by atoms with Crippen molar-refractivity contribution in [3.63, 3.8) is 0 Å². The highest BCUT2D eigenvalue weighted by molar-refractivity contribution is 7.78. The third-order valence-electron chi connectivity index (χ3n) is 3.23. The molecular weight excluding hydrogens is 320 g/mol. The van der Waals surface area contributed by atoms with E-state index in [-0.39, 0.29) is 17.0 Å². The van der Waals surface area contributed by atoms with Gasteiger partial charge in [0, 0.05) is 6.07 Å². The summed E-state index contributed by atoms with van der Waals surface area (Å²) >= 11 is 4.45. The number of thiocarbonyl (C=S) groups is 1. The maximum absolute atomic E-state index is 14.0. The molecule has 118 valence electrons. The Kier molecular flexibility index (Phi) is 4.98. The first-order valence-corrected chi connectivity index (χ1v) is 7.11. The quantitative estimate of drug-likeness (QED) is 0.349. The van der Waals surface area contributed by atoms with Crippen molar-refractivity contribution in [3.8, 4) is 5.75 Å². The molecule has 0 aliphatic rings. The highest BCUT2D eigenvalue weighted by Gasteiger charge is 2.19. The van der Waals surface area contributed by atoms with E-state index in [1.807, 2.05) is 0 Å². The molecule has 0 saturated heterocycles. The van der Waals surface area contributed by atoms with Crippen LogP contribution in [0.4, 0.5) is 14.5 Å². The van der Waals surface area contributed by atoms with Crippen LogP contribution < -0.4 is 4.74 Å². The van der Waals surface area contributed by atoms with Crippen LogP contribution in [0.1, 0.15) is 27.0 Å². The third kappa shape index (κ3) is 3.67. The van der Waals surface area contributed by atoms with Crippen LogP contribution in [-0.4, -0.2) is 11.1 Å². The lowest BCUT2D eigenvalue weighted by atomic mass is 10.1. The SMILES string of the molecule is Cc1cc(C)c(C(=O)Oc2cc(C)c(N=C=S)c(F)c2)c(F)c1. The summed E-state index contributed by atoms with van der Waals surface area (Å²) in [5.41, 5.74) is 1.42. The average molecular weight is 333 g/mol. The molecule has 0 unspecified atom stereocenters. The van der Waals surface area contributed by atoms with Gasteiger partial charge in [-0.2, -0.15) is 4.99 Å². The number of hydrogen-bond donors (Lipinski definition) is 0. The molecule has 0 bridgehead atoms. The zero-order chi connectivity index (χ0) is 17.1. The highest BCUT2D eigenvalue weighted by atomic mass is 32.1. The fourth-order valence-electron chi connectivity index (χ4n) is 2.28. The van der Waals surface area contributed by atoms with Crippen molar-refractivity contribution in [3.05, 3.63) is 58.2 Å². The maximum Gasteiger partial charge on any atom is 0.346 e. The summed E-state index contributed by atoms with van der Waals surface area (Å²) in [6, 6.07) is 5.33. The van der Waals surface area contributed by atoms with E-state index < -0.39 is 17.6 Å². The van der Waals surface area contributed by atoms with Gasteiger partial charge in [-0.3, -0.25) is 0 Å². The van der Waals surface area contributed by atoms with Gasteiger partial charge < -0.3 is 4.74 Å². The summed E-state index contributed by atoms with van der Waals surface area (Å²) in [7, 11) is 0. The Balaban J connectivity index is 2.37. The topological polar surface area (TPSA) is 38.7 Å².